The predicted molar refractivity (Wildman–Crippen MR) is 110 cm³/mol. The monoisotopic (exact) mass is 396 g/mol. The molecule has 1 rings (SSSR count). The molecular formula is C19H32N4O3S. The Hall–Kier alpha value is -2.09. The molecule has 2 N–H and O–H groups in total. The zero-order valence-electron chi connectivity index (χ0n) is 16.7. The van der Waals surface area contributed by atoms with Crippen LogP contribution in [0.15, 0.2) is 35.3 Å². The van der Waals surface area contributed by atoms with Gasteiger partial charge in [0.1, 0.15) is 16.4 Å². The van der Waals surface area contributed by atoms with E-state index in [0.717, 1.165) is 5.56 Å². The molecule has 0 aromatic heterocycles. The zero-order valence-corrected chi connectivity index (χ0v) is 17.6. The van der Waals surface area contributed by atoms with E-state index in [4.69, 9.17) is 0 Å². The molecule has 7 nitrogen and oxygen atoms in total. The van der Waals surface area contributed by atoms with Gasteiger partial charge in [-0.1, -0.05) is 30.3 Å². The van der Waals surface area contributed by atoms with Gasteiger partial charge in [0.2, 0.25) is 5.91 Å². The van der Waals surface area contributed by atoms with Crippen molar-refractivity contribution < 1.29 is 13.2 Å². The Kier molecular flexibility index (Phi) is 9.85. The highest BCUT2D eigenvalue weighted by molar-refractivity contribution is 7.90. The number of guanidine groups is 1. The van der Waals surface area contributed by atoms with Gasteiger partial charge in [-0.25, -0.2) is 13.4 Å². The minimum Gasteiger partial charge on any atom is -0.357 e. The van der Waals surface area contributed by atoms with Crippen LogP contribution in [0.5, 0.6) is 0 Å². The van der Waals surface area contributed by atoms with Gasteiger partial charge >= 0.3 is 0 Å². The number of hydrogen-bond acceptors (Lipinski definition) is 4. The van der Waals surface area contributed by atoms with Gasteiger partial charge in [-0.3, -0.25) is 4.79 Å². The lowest BCUT2D eigenvalue weighted by Gasteiger charge is -2.21. The maximum absolute atomic E-state index is 12.5. The molecule has 0 aliphatic rings. The van der Waals surface area contributed by atoms with Crippen LogP contribution in [0.3, 0.4) is 0 Å². The molecule has 0 saturated carbocycles. The van der Waals surface area contributed by atoms with Gasteiger partial charge in [0, 0.05) is 31.9 Å². The molecule has 0 spiro atoms. The lowest BCUT2D eigenvalue weighted by atomic mass is 10.2. The van der Waals surface area contributed by atoms with E-state index in [-0.39, 0.29) is 24.2 Å². The number of nitrogens with zero attached hydrogens (tertiary/aromatic N) is 2. The van der Waals surface area contributed by atoms with Crippen LogP contribution in [-0.2, 0) is 21.2 Å². The van der Waals surface area contributed by atoms with Crippen molar-refractivity contribution in [2.24, 2.45) is 4.99 Å². The molecule has 1 unspecified atom stereocenters. The summed E-state index contributed by atoms with van der Waals surface area (Å²) in [6.45, 7) is 7.64. The normalized spacial score (nSPS) is 13.1. The number of aliphatic imine (C=N–C) groups is 1. The van der Waals surface area contributed by atoms with Crippen molar-refractivity contribution in [1.82, 2.24) is 15.5 Å². The minimum atomic E-state index is -3.00. The molecule has 152 valence electrons. The SMILES string of the molecule is CCNC(=NCC(=O)N(CC)Cc1ccccc1)NC(C)CCS(C)(=O)=O. The Morgan fingerprint density at radius 2 is 1.89 bits per heavy atom. The number of carbonyl (C=O) groups is 1. The third-order valence-electron chi connectivity index (χ3n) is 3.97. The molecule has 0 fully saturated rings. The van der Waals surface area contributed by atoms with Gasteiger partial charge in [0.15, 0.2) is 5.96 Å². The third kappa shape index (κ3) is 9.98. The fraction of sp³-hybridized carbons (Fsp3) is 0.579. The van der Waals surface area contributed by atoms with E-state index in [1.807, 2.05) is 51.1 Å². The molecule has 0 saturated heterocycles. The number of rotatable bonds is 10. The van der Waals surface area contributed by atoms with Gasteiger partial charge < -0.3 is 15.5 Å². The molecule has 27 heavy (non-hydrogen) atoms. The molecule has 8 heteroatoms. The van der Waals surface area contributed by atoms with Crippen LogP contribution in [0.2, 0.25) is 0 Å². The molecule has 1 atom stereocenters. The zero-order chi connectivity index (χ0) is 20.3. The molecule has 1 aromatic rings. The van der Waals surface area contributed by atoms with Crippen LogP contribution in [0.25, 0.3) is 0 Å². The van der Waals surface area contributed by atoms with E-state index < -0.39 is 9.84 Å². The van der Waals surface area contributed by atoms with E-state index in [9.17, 15) is 13.2 Å². The van der Waals surface area contributed by atoms with Crippen molar-refractivity contribution in [2.45, 2.75) is 39.8 Å². The van der Waals surface area contributed by atoms with Crippen LogP contribution in [0, 0.1) is 0 Å². The summed E-state index contributed by atoms with van der Waals surface area (Å²) < 4.78 is 22.6. The van der Waals surface area contributed by atoms with E-state index in [1.54, 1.807) is 4.90 Å². The Labute approximate surface area is 163 Å². The van der Waals surface area contributed by atoms with E-state index in [2.05, 4.69) is 15.6 Å². The van der Waals surface area contributed by atoms with Crippen molar-refractivity contribution in [3.63, 3.8) is 0 Å². The van der Waals surface area contributed by atoms with Gasteiger partial charge in [-0.2, -0.15) is 0 Å². The molecule has 0 aliphatic heterocycles. The van der Waals surface area contributed by atoms with E-state index in [0.29, 0.717) is 32.0 Å². The first-order valence-corrected chi connectivity index (χ1v) is 11.4. The average molecular weight is 397 g/mol. The van der Waals surface area contributed by atoms with Crippen molar-refractivity contribution in [3.05, 3.63) is 35.9 Å². The molecule has 1 amide bonds. The van der Waals surface area contributed by atoms with Crippen molar-refractivity contribution in [3.8, 4) is 0 Å². The maximum atomic E-state index is 12.5. The summed E-state index contributed by atoms with van der Waals surface area (Å²) in [4.78, 5) is 18.6. The molecule has 0 bridgehead atoms. The van der Waals surface area contributed by atoms with Crippen LogP contribution >= 0.6 is 0 Å². The minimum absolute atomic E-state index is 0.0365. The fourth-order valence-corrected chi connectivity index (χ4v) is 3.22. The average Bonchev–Trinajstić information content (AvgIpc) is 2.62. The highest BCUT2D eigenvalue weighted by Crippen LogP contribution is 2.04. The van der Waals surface area contributed by atoms with Gasteiger partial charge in [-0.15, -0.1) is 0 Å². The highest BCUT2D eigenvalue weighted by atomic mass is 32.2. The summed E-state index contributed by atoms with van der Waals surface area (Å²) in [5.41, 5.74) is 1.08. The van der Waals surface area contributed by atoms with Gasteiger partial charge in [0.25, 0.3) is 0 Å². The second kappa shape index (κ2) is 11.6. The quantitative estimate of drug-likeness (QED) is 0.461. The summed E-state index contributed by atoms with van der Waals surface area (Å²) in [5.74, 6) is 0.574. The Bertz CT molecular complexity index is 705. The van der Waals surface area contributed by atoms with Gasteiger partial charge in [0.05, 0.1) is 5.75 Å². The predicted octanol–water partition coefficient (Wildman–Crippen LogP) is 1.41. The summed E-state index contributed by atoms with van der Waals surface area (Å²) >= 11 is 0. The standard InChI is InChI=1S/C19H32N4O3S/c1-5-20-19(22-16(3)12-13-27(4,25)26)21-14-18(24)23(6-2)15-17-10-8-7-9-11-17/h7-11,16H,5-6,12-15H2,1-4H3,(H2,20,21,22). The number of hydrogen-bond donors (Lipinski definition) is 2. The van der Waals surface area contributed by atoms with Crippen LogP contribution in [-0.4, -0.2) is 62.9 Å². The van der Waals surface area contributed by atoms with E-state index in [1.165, 1.54) is 6.26 Å². The van der Waals surface area contributed by atoms with Crippen LogP contribution in [0.4, 0.5) is 0 Å². The molecule has 0 heterocycles. The topological polar surface area (TPSA) is 90.9 Å². The molecule has 0 radical (unpaired) electrons. The number of likely N-dealkylation sites (N-methyl/N-ethyl adjacent to an activating group) is 1. The first-order chi connectivity index (χ1) is 12.7. The lowest BCUT2D eigenvalue weighted by Crippen LogP contribution is -2.43. The second-order valence-corrected chi connectivity index (χ2v) is 8.81. The largest absolute Gasteiger partial charge is 0.357 e. The first-order valence-electron chi connectivity index (χ1n) is 9.29. The number of benzene rings is 1. The number of carbonyl (C=O) groups excluding carboxylic acids is 1. The molecule has 0 aliphatic carbocycles. The van der Waals surface area contributed by atoms with Crippen LogP contribution in [0.1, 0.15) is 32.8 Å². The van der Waals surface area contributed by atoms with Crippen LogP contribution < -0.4 is 10.6 Å². The number of nitrogens with one attached hydrogen (secondary N) is 2. The van der Waals surface area contributed by atoms with Crippen molar-refractivity contribution >= 4 is 21.7 Å². The second-order valence-electron chi connectivity index (χ2n) is 6.55. The summed E-state index contributed by atoms with van der Waals surface area (Å²) in [7, 11) is -3.00. The maximum Gasteiger partial charge on any atom is 0.244 e. The lowest BCUT2D eigenvalue weighted by molar-refractivity contribution is -0.130. The number of sulfone groups is 1. The Balaban J connectivity index is 2.64. The molecular weight excluding hydrogens is 364 g/mol. The number of amides is 1. The summed E-state index contributed by atoms with van der Waals surface area (Å²) in [6.07, 6.45) is 1.70. The Morgan fingerprint density at radius 1 is 1.22 bits per heavy atom. The summed E-state index contributed by atoms with van der Waals surface area (Å²) in [5, 5.41) is 6.25. The van der Waals surface area contributed by atoms with Gasteiger partial charge in [-0.05, 0) is 32.8 Å². The highest BCUT2D eigenvalue weighted by Gasteiger charge is 2.13. The molecule has 1 aromatic carbocycles. The van der Waals surface area contributed by atoms with Crippen molar-refractivity contribution in [1.29, 1.82) is 0 Å². The van der Waals surface area contributed by atoms with E-state index >= 15 is 0 Å². The first kappa shape index (κ1) is 23.0. The third-order valence-corrected chi connectivity index (χ3v) is 4.95. The Morgan fingerprint density at radius 3 is 2.44 bits per heavy atom. The fourth-order valence-electron chi connectivity index (χ4n) is 2.44. The smallest absolute Gasteiger partial charge is 0.244 e. The summed E-state index contributed by atoms with van der Waals surface area (Å²) in [6, 6.07) is 9.78. The van der Waals surface area contributed by atoms with Crippen molar-refractivity contribution in [2.75, 3.05) is 31.6 Å².